The minimum Gasteiger partial charge on any atom is -0.369 e. The van der Waals surface area contributed by atoms with E-state index in [-0.39, 0.29) is 29.7 Å². The van der Waals surface area contributed by atoms with Gasteiger partial charge in [0.2, 0.25) is 11.9 Å². The molecule has 4 N–H and O–H groups in total. The van der Waals surface area contributed by atoms with Crippen LogP contribution in [0, 0.1) is 17.8 Å². The standard InChI is InChI=1S/C22H29ClN8O/c23-17-12-25-22(27-16-11-26-31(13-16)9-8-30-6-2-1-3-7-30)29-21(17)28-19-15-5-4-14(10-15)18(19)20(24)32/h4-5,11-15,18-19H,1-3,6-10H2,(H2,24,32)(H2,25,27,28,29)/t14-,15+,18+,19-/m1/s1. The van der Waals surface area contributed by atoms with Gasteiger partial charge in [-0.3, -0.25) is 9.48 Å². The van der Waals surface area contributed by atoms with Crippen LogP contribution in [0.15, 0.2) is 30.7 Å². The number of carbonyl (C=O) groups excluding carboxylic acids is 1. The van der Waals surface area contributed by atoms with Crippen LogP contribution in [-0.4, -0.2) is 56.2 Å². The van der Waals surface area contributed by atoms with Crippen LogP contribution in [0.25, 0.3) is 0 Å². The van der Waals surface area contributed by atoms with E-state index in [1.165, 1.54) is 32.4 Å². The van der Waals surface area contributed by atoms with Crippen molar-refractivity contribution >= 4 is 35.0 Å². The number of rotatable bonds is 8. The molecule has 4 atom stereocenters. The Hall–Kier alpha value is -2.65. The molecule has 0 radical (unpaired) electrons. The van der Waals surface area contributed by atoms with Crippen molar-refractivity contribution in [3.63, 3.8) is 0 Å². The van der Waals surface area contributed by atoms with Crippen LogP contribution in [0.2, 0.25) is 5.02 Å². The molecule has 1 aliphatic heterocycles. The van der Waals surface area contributed by atoms with E-state index in [9.17, 15) is 4.79 Å². The molecule has 0 spiro atoms. The molecular formula is C22H29ClN8O. The van der Waals surface area contributed by atoms with Crippen molar-refractivity contribution in [2.75, 3.05) is 30.3 Å². The van der Waals surface area contributed by atoms with Gasteiger partial charge < -0.3 is 21.3 Å². The predicted molar refractivity (Wildman–Crippen MR) is 124 cm³/mol. The number of hydrogen-bond acceptors (Lipinski definition) is 7. The Labute approximate surface area is 192 Å². The van der Waals surface area contributed by atoms with Gasteiger partial charge in [-0.25, -0.2) is 4.98 Å². The molecule has 2 aliphatic carbocycles. The second-order valence-electron chi connectivity index (χ2n) is 8.96. The smallest absolute Gasteiger partial charge is 0.229 e. The highest BCUT2D eigenvalue weighted by atomic mass is 35.5. The summed E-state index contributed by atoms with van der Waals surface area (Å²) in [4.78, 5) is 23.3. The Bertz CT molecular complexity index is 1000. The fraction of sp³-hybridized carbons (Fsp3) is 0.545. The molecule has 2 aromatic heterocycles. The average molecular weight is 457 g/mol. The monoisotopic (exact) mass is 456 g/mol. The van der Waals surface area contributed by atoms with Gasteiger partial charge in [-0.2, -0.15) is 10.1 Å². The lowest BCUT2D eigenvalue weighted by molar-refractivity contribution is -0.122. The van der Waals surface area contributed by atoms with Gasteiger partial charge in [-0.1, -0.05) is 30.2 Å². The second-order valence-corrected chi connectivity index (χ2v) is 9.36. The molecule has 2 bridgehead atoms. The third-order valence-corrected chi connectivity index (χ3v) is 7.10. The molecule has 9 nitrogen and oxygen atoms in total. The Morgan fingerprint density at radius 1 is 1.16 bits per heavy atom. The van der Waals surface area contributed by atoms with Crippen LogP contribution in [0.3, 0.4) is 0 Å². The van der Waals surface area contributed by atoms with Gasteiger partial charge in [0.15, 0.2) is 5.82 Å². The average Bonchev–Trinajstić information content (AvgIpc) is 3.52. The second kappa shape index (κ2) is 9.07. The van der Waals surface area contributed by atoms with Crippen LogP contribution < -0.4 is 16.4 Å². The van der Waals surface area contributed by atoms with Crippen LogP contribution >= 0.6 is 11.6 Å². The lowest BCUT2D eigenvalue weighted by atomic mass is 9.88. The molecule has 10 heteroatoms. The third-order valence-electron chi connectivity index (χ3n) is 6.82. The molecule has 2 fully saturated rings. The maximum absolute atomic E-state index is 12.0. The number of halogens is 1. The van der Waals surface area contributed by atoms with Gasteiger partial charge in [0, 0.05) is 18.8 Å². The number of amides is 1. The van der Waals surface area contributed by atoms with Gasteiger partial charge in [0.05, 0.1) is 30.5 Å². The highest BCUT2D eigenvalue weighted by Crippen LogP contribution is 2.45. The molecule has 1 saturated carbocycles. The first-order valence-electron chi connectivity index (χ1n) is 11.4. The minimum absolute atomic E-state index is 0.111. The summed E-state index contributed by atoms with van der Waals surface area (Å²) < 4.78 is 1.94. The Balaban J connectivity index is 1.23. The molecule has 32 heavy (non-hydrogen) atoms. The maximum Gasteiger partial charge on any atom is 0.229 e. The number of allylic oxidation sites excluding steroid dienone is 1. The van der Waals surface area contributed by atoms with Crippen molar-refractivity contribution in [1.29, 1.82) is 0 Å². The summed E-state index contributed by atoms with van der Waals surface area (Å²) in [7, 11) is 0. The van der Waals surface area contributed by atoms with Crippen molar-refractivity contribution in [2.45, 2.75) is 38.3 Å². The first kappa shape index (κ1) is 21.2. The quantitative estimate of drug-likeness (QED) is 0.523. The Morgan fingerprint density at radius 2 is 1.97 bits per heavy atom. The summed E-state index contributed by atoms with van der Waals surface area (Å²) in [5.74, 6) is 0.799. The lowest BCUT2D eigenvalue weighted by Crippen LogP contribution is -2.41. The number of aromatic nitrogens is 4. The fourth-order valence-corrected chi connectivity index (χ4v) is 5.35. The van der Waals surface area contributed by atoms with E-state index in [0.717, 1.165) is 25.2 Å². The van der Waals surface area contributed by atoms with E-state index in [1.54, 1.807) is 12.4 Å². The molecule has 0 unspecified atom stereocenters. The SMILES string of the molecule is NC(=O)[C@@H]1[C@H](Nc2nc(Nc3cnn(CCN4CCCCC4)c3)ncc2Cl)[C@H]2C=C[C@@H]1C2. The summed E-state index contributed by atoms with van der Waals surface area (Å²) in [5.41, 5.74) is 6.48. The number of nitrogens with zero attached hydrogens (tertiary/aromatic N) is 5. The highest BCUT2D eigenvalue weighted by Gasteiger charge is 2.47. The zero-order chi connectivity index (χ0) is 22.1. The van der Waals surface area contributed by atoms with Crippen molar-refractivity contribution in [3.05, 3.63) is 35.8 Å². The van der Waals surface area contributed by atoms with Crippen molar-refractivity contribution in [1.82, 2.24) is 24.6 Å². The molecular weight excluding hydrogens is 428 g/mol. The zero-order valence-corrected chi connectivity index (χ0v) is 18.7. The predicted octanol–water partition coefficient (Wildman–Crippen LogP) is 2.64. The topological polar surface area (TPSA) is 114 Å². The number of anilines is 3. The van der Waals surface area contributed by atoms with Crippen molar-refractivity contribution in [3.8, 4) is 0 Å². The Morgan fingerprint density at radius 3 is 2.78 bits per heavy atom. The van der Waals surface area contributed by atoms with Gasteiger partial charge in [0.1, 0.15) is 5.02 Å². The molecule has 2 aromatic rings. The molecule has 170 valence electrons. The summed E-state index contributed by atoms with van der Waals surface area (Å²) in [6.07, 6.45) is 14.4. The lowest BCUT2D eigenvalue weighted by Gasteiger charge is -2.27. The number of hydrogen-bond donors (Lipinski definition) is 3. The van der Waals surface area contributed by atoms with E-state index in [0.29, 0.717) is 16.8 Å². The van der Waals surface area contributed by atoms with Gasteiger partial charge >= 0.3 is 0 Å². The largest absolute Gasteiger partial charge is 0.369 e. The van der Waals surface area contributed by atoms with E-state index in [1.807, 2.05) is 10.9 Å². The summed E-state index contributed by atoms with van der Waals surface area (Å²) in [5, 5.41) is 11.4. The van der Waals surface area contributed by atoms with Crippen molar-refractivity contribution in [2.24, 2.45) is 23.5 Å². The molecule has 1 saturated heterocycles. The first-order valence-corrected chi connectivity index (χ1v) is 11.7. The van der Waals surface area contributed by atoms with Gasteiger partial charge in [-0.15, -0.1) is 0 Å². The molecule has 1 amide bonds. The third kappa shape index (κ3) is 4.45. The summed E-state index contributed by atoms with van der Waals surface area (Å²) in [6, 6.07) is -0.111. The van der Waals surface area contributed by atoms with Crippen LogP contribution in [0.5, 0.6) is 0 Å². The number of nitrogens with one attached hydrogen (secondary N) is 2. The van der Waals surface area contributed by atoms with Crippen LogP contribution in [0.4, 0.5) is 17.5 Å². The van der Waals surface area contributed by atoms with E-state index >= 15 is 0 Å². The molecule has 3 heterocycles. The molecule has 5 rings (SSSR count). The van der Waals surface area contributed by atoms with E-state index < -0.39 is 0 Å². The van der Waals surface area contributed by atoms with E-state index in [4.69, 9.17) is 17.3 Å². The van der Waals surface area contributed by atoms with Gasteiger partial charge in [0.25, 0.3) is 0 Å². The fourth-order valence-electron chi connectivity index (χ4n) is 5.20. The number of primary amides is 1. The number of piperidine rings is 1. The Kier molecular flexibility index (Phi) is 6.01. The first-order chi connectivity index (χ1) is 15.6. The zero-order valence-electron chi connectivity index (χ0n) is 18.0. The normalized spacial score (nSPS) is 27.0. The van der Waals surface area contributed by atoms with E-state index in [2.05, 4.69) is 42.8 Å². The minimum atomic E-state index is -0.292. The number of carbonyl (C=O) groups is 1. The molecule has 3 aliphatic rings. The number of likely N-dealkylation sites (tertiary alicyclic amines) is 1. The van der Waals surface area contributed by atoms with Crippen molar-refractivity contribution < 1.29 is 4.79 Å². The van der Waals surface area contributed by atoms with Crippen LogP contribution in [0.1, 0.15) is 25.7 Å². The van der Waals surface area contributed by atoms with Crippen LogP contribution in [-0.2, 0) is 11.3 Å². The number of nitrogens with two attached hydrogens (primary N) is 1. The highest BCUT2D eigenvalue weighted by molar-refractivity contribution is 6.32. The molecule has 0 aromatic carbocycles. The van der Waals surface area contributed by atoms with Gasteiger partial charge in [-0.05, 0) is 44.2 Å². The maximum atomic E-state index is 12.0. The number of fused-ring (bicyclic) bond motifs is 2. The summed E-state index contributed by atoms with van der Waals surface area (Å²) in [6.45, 7) is 4.21. The summed E-state index contributed by atoms with van der Waals surface area (Å²) >= 11 is 6.36.